The number of carbonyl (C=O) groups is 3. The van der Waals surface area contributed by atoms with Crippen molar-refractivity contribution in [1.29, 1.82) is 0 Å². The van der Waals surface area contributed by atoms with E-state index in [4.69, 9.17) is 0 Å². The predicted octanol–water partition coefficient (Wildman–Crippen LogP) is 1.42. The standard InChI is InChI=1S/C17H23N3O3/c1-4-5-8-20-16(22)13-7-6-12(9-14(13)17(20)23)15(21)19-10-11(2)18-3/h6-7,9,11,18H,4-5,8,10H2,1-3H3,(H,19,21). The fourth-order valence-electron chi connectivity index (χ4n) is 2.40. The van der Waals surface area contributed by atoms with Crippen molar-refractivity contribution in [3.8, 4) is 0 Å². The second kappa shape index (κ2) is 7.37. The van der Waals surface area contributed by atoms with Crippen molar-refractivity contribution in [2.45, 2.75) is 32.7 Å². The molecule has 23 heavy (non-hydrogen) atoms. The van der Waals surface area contributed by atoms with Gasteiger partial charge in [0.2, 0.25) is 0 Å². The monoisotopic (exact) mass is 317 g/mol. The first-order chi connectivity index (χ1) is 11.0. The van der Waals surface area contributed by atoms with Crippen molar-refractivity contribution < 1.29 is 14.4 Å². The van der Waals surface area contributed by atoms with E-state index in [0.29, 0.717) is 29.8 Å². The lowest BCUT2D eigenvalue weighted by molar-refractivity contribution is 0.0652. The summed E-state index contributed by atoms with van der Waals surface area (Å²) in [7, 11) is 1.82. The summed E-state index contributed by atoms with van der Waals surface area (Å²) < 4.78 is 0. The topological polar surface area (TPSA) is 78.5 Å². The van der Waals surface area contributed by atoms with Crippen LogP contribution in [0.3, 0.4) is 0 Å². The molecule has 124 valence electrons. The maximum atomic E-state index is 12.4. The molecule has 0 fully saturated rings. The van der Waals surface area contributed by atoms with E-state index < -0.39 is 0 Å². The number of rotatable bonds is 7. The molecule has 0 saturated carbocycles. The van der Waals surface area contributed by atoms with Gasteiger partial charge in [0.25, 0.3) is 17.7 Å². The van der Waals surface area contributed by atoms with Crippen LogP contribution in [0.2, 0.25) is 0 Å². The molecule has 2 rings (SSSR count). The largest absolute Gasteiger partial charge is 0.350 e. The van der Waals surface area contributed by atoms with Crippen molar-refractivity contribution >= 4 is 17.7 Å². The molecule has 0 spiro atoms. The van der Waals surface area contributed by atoms with Gasteiger partial charge in [0.15, 0.2) is 0 Å². The highest BCUT2D eigenvalue weighted by atomic mass is 16.2. The molecule has 1 unspecified atom stereocenters. The van der Waals surface area contributed by atoms with Gasteiger partial charge < -0.3 is 10.6 Å². The number of hydrogen-bond acceptors (Lipinski definition) is 4. The van der Waals surface area contributed by atoms with E-state index in [1.54, 1.807) is 12.1 Å². The maximum Gasteiger partial charge on any atom is 0.261 e. The quantitative estimate of drug-likeness (QED) is 0.746. The molecule has 6 nitrogen and oxygen atoms in total. The number of likely N-dealkylation sites (N-methyl/N-ethyl adjacent to an activating group) is 1. The van der Waals surface area contributed by atoms with Gasteiger partial charge in [-0.15, -0.1) is 0 Å². The lowest BCUT2D eigenvalue weighted by atomic mass is 10.1. The summed E-state index contributed by atoms with van der Waals surface area (Å²) in [5, 5.41) is 5.83. The second-order valence-electron chi connectivity index (χ2n) is 5.78. The lowest BCUT2D eigenvalue weighted by Gasteiger charge is -2.12. The minimum atomic E-state index is -0.309. The third-order valence-corrected chi connectivity index (χ3v) is 4.03. The average Bonchev–Trinajstić information content (AvgIpc) is 2.81. The van der Waals surface area contributed by atoms with Crippen LogP contribution in [0.4, 0.5) is 0 Å². The van der Waals surface area contributed by atoms with E-state index in [9.17, 15) is 14.4 Å². The van der Waals surface area contributed by atoms with Crippen molar-refractivity contribution in [3.63, 3.8) is 0 Å². The Balaban J connectivity index is 2.15. The Morgan fingerprint density at radius 3 is 2.57 bits per heavy atom. The van der Waals surface area contributed by atoms with Crippen LogP contribution in [-0.2, 0) is 0 Å². The fourth-order valence-corrected chi connectivity index (χ4v) is 2.40. The number of fused-ring (bicyclic) bond motifs is 1. The summed E-state index contributed by atoms with van der Waals surface area (Å²) in [5.74, 6) is -0.826. The number of nitrogens with one attached hydrogen (secondary N) is 2. The van der Waals surface area contributed by atoms with Gasteiger partial charge in [0, 0.05) is 24.7 Å². The number of benzene rings is 1. The van der Waals surface area contributed by atoms with E-state index in [2.05, 4.69) is 10.6 Å². The van der Waals surface area contributed by atoms with Crippen molar-refractivity contribution in [2.75, 3.05) is 20.1 Å². The third kappa shape index (κ3) is 3.59. The molecule has 1 atom stereocenters. The van der Waals surface area contributed by atoms with Gasteiger partial charge in [-0.25, -0.2) is 0 Å². The number of carbonyl (C=O) groups excluding carboxylic acids is 3. The van der Waals surface area contributed by atoms with E-state index >= 15 is 0 Å². The highest BCUT2D eigenvalue weighted by Gasteiger charge is 2.35. The molecular weight excluding hydrogens is 294 g/mol. The zero-order valence-corrected chi connectivity index (χ0v) is 13.8. The van der Waals surface area contributed by atoms with E-state index in [1.165, 1.54) is 11.0 Å². The smallest absolute Gasteiger partial charge is 0.261 e. The molecule has 3 amide bonds. The van der Waals surface area contributed by atoms with Crippen LogP contribution in [-0.4, -0.2) is 48.8 Å². The molecule has 1 aromatic rings. The molecule has 1 aliphatic rings. The van der Waals surface area contributed by atoms with Crippen LogP contribution in [0.1, 0.15) is 57.8 Å². The van der Waals surface area contributed by atoms with E-state index in [1.807, 2.05) is 20.9 Å². The zero-order valence-electron chi connectivity index (χ0n) is 13.8. The summed E-state index contributed by atoms with van der Waals surface area (Å²) in [4.78, 5) is 38.0. The number of amides is 3. The summed E-state index contributed by atoms with van der Waals surface area (Å²) in [6.07, 6.45) is 1.69. The van der Waals surface area contributed by atoms with Gasteiger partial charge in [-0.05, 0) is 38.6 Å². The highest BCUT2D eigenvalue weighted by Crippen LogP contribution is 2.24. The lowest BCUT2D eigenvalue weighted by Crippen LogP contribution is -2.37. The summed E-state index contributed by atoms with van der Waals surface area (Å²) in [6.45, 7) is 4.87. The molecular formula is C17H23N3O3. The normalized spacial score (nSPS) is 14.8. The minimum Gasteiger partial charge on any atom is -0.350 e. The van der Waals surface area contributed by atoms with Crippen LogP contribution in [0.25, 0.3) is 0 Å². The first-order valence-corrected chi connectivity index (χ1v) is 7.95. The first-order valence-electron chi connectivity index (χ1n) is 7.95. The van der Waals surface area contributed by atoms with Crippen LogP contribution < -0.4 is 10.6 Å². The SMILES string of the molecule is CCCCN1C(=O)c2ccc(C(=O)NCC(C)NC)cc2C1=O. The minimum absolute atomic E-state index is 0.154. The Bertz CT molecular complexity index is 628. The maximum absolute atomic E-state index is 12.4. The summed E-state index contributed by atoms with van der Waals surface area (Å²) in [5.41, 5.74) is 1.09. The second-order valence-corrected chi connectivity index (χ2v) is 5.78. The molecule has 0 bridgehead atoms. The van der Waals surface area contributed by atoms with Crippen molar-refractivity contribution in [2.24, 2.45) is 0 Å². The van der Waals surface area contributed by atoms with Gasteiger partial charge in [-0.3, -0.25) is 19.3 Å². The van der Waals surface area contributed by atoms with Gasteiger partial charge in [0.1, 0.15) is 0 Å². The van der Waals surface area contributed by atoms with E-state index in [0.717, 1.165) is 12.8 Å². The summed E-state index contributed by atoms with van der Waals surface area (Å²) in [6, 6.07) is 4.83. The Kier molecular flexibility index (Phi) is 5.50. The van der Waals surface area contributed by atoms with Crippen LogP contribution >= 0.6 is 0 Å². The Hall–Kier alpha value is -2.21. The Labute approximate surface area is 136 Å². The zero-order chi connectivity index (χ0) is 17.0. The first kappa shape index (κ1) is 17.1. The average molecular weight is 317 g/mol. The Morgan fingerprint density at radius 2 is 1.91 bits per heavy atom. The number of hydrogen-bond donors (Lipinski definition) is 2. The van der Waals surface area contributed by atoms with Crippen molar-refractivity contribution in [1.82, 2.24) is 15.5 Å². The fraction of sp³-hybridized carbons (Fsp3) is 0.471. The molecule has 0 saturated heterocycles. The summed E-state index contributed by atoms with van der Waals surface area (Å²) >= 11 is 0. The van der Waals surface area contributed by atoms with Gasteiger partial charge in [-0.1, -0.05) is 13.3 Å². The molecule has 1 aliphatic heterocycles. The van der Waals surface area contributed by atoms with Gasteiger partial charge in [0.05, 0.1) is 11.1 Å². The van der Waals surface area contributed by atoms with Gasteiger partial charge >= 0.3 is 0 Å². The van der Waals surface area contributed by atoms with Crippen LogP contribution in [0, 0.1) is 0 Å². The molecule has 1 aromatic carbocycles. The van der Waals surface area contributed by atoms with E-state index in [-0.39, 0.29) is 23.8 Å². The third-order valence-electron chi connectivity index (χ3n) is 4.03. The van der Waals surface area contributed by atoms with Crippen LogP contribution in [0.15, 0.2) is 18.2 Å². The Morgan fingerprint density at radius 1 is 1.22 bits per heavy atom. The number of imide groups is 1. The van der Waals surface area contributed by atoms with Crippen molar-refractivity contribution in [3.05, 3.63) is 34.9 Å². The van der Waals surface area contributed by atoms with Crippen LogP contribution in [0.5, 0.6) is 0 Å². The predicted molar refractivity (Wildman–Crippen MR) is 87.6 cm³/mol. The molecule has 0 radical (unpaired) electrons. The molecule has 1 heterocycles. The van der Waals surface area contributed by atoms with Gasteiger partial charge in [-0.2, -0.15) is 0 Å². The number of nitrogens with zero attached hydrogens (tertiary/aromatic N) is 1. The molecule has 0 aromatic heterocycles. The highest BCUT2D eigenvalue weighted by molar-refractivity contribution is 6.22. The molecule has 6 heteroatoms. The molecule has 0 aliphatic carbocycles. The molecule has 2 N–H and O–H groups in total. The number of unbranched alkanes of at least 4 members (excludes halogenated alkanes) is 1.